The van der Waals surface area contributed by atoms with Crippen LogP contribution in [0.3, 0.4) is 0 Å². The molecule has 106 valence electrons. The van der Waals surface area contributed by atoms with Crippen LogP contribution in [0.5, 0.6) is 0 Å². The van der Waals surface area contributed by atoms with Crippen LogP contribution in [-0.2, 0) is 9.59 Å². The highest BCUT2D eigenvalue weighted by Crippen LogP contribution is 2.25. The maximum Gasteiger partial charge on any atom is 0.256 e. The third-order valence-electron chi connectivity index (χ3n) is 3.55. The lowest BCUT2D eigenvalue weighted by Gasteiger charge is -2.16. The van der Waals surface area contributed by atoms with Crippen molar-refractivity contribution >= 4 is 23.2 Å². The summed E-state index contributed by atoms with van der Waals surface area (Å²) in [4.78, 5) is 25.8. The quantitative estimate of drug-likeness (QED) is 0.879. The van der Waals surface area contributed by atoms with Gasteiger partial charge in [0, 0.05) is 5.69 Å². The highest BCUT2D eigenvalue weighted by molar-refractivity contribution is 6.23. The average molecular weight is 280 g/mol. The smallest absolute Gasteiger partial charge is 0.256 e. The monoisotopic (exact) mass is 280 g/mol. The largest absolute Gasteiger partial charge is 0.373 e. The minimum Gasteiger partial charge on any atom is -0.373 e. The number of hydrogen-bond donors (Lipinski definition) is 1. The van der Waals surface area contributed by atoms with Gasteiger partial charge in [0.25, 0.3) is 5.91 Å². The van der Waals surface area contributed by atoms with Crippen LogP contribution >= 0.6 is 0 Å². The fraction of sp³-hybridized carbons (Fsp3) is 0.176. The van der Waals surface area contributed by atoms with Gasteiger partial charge in [-0.15, -0.1) is 0 Å². The predicted molar refractivity (Wildman–Crippen MR) is 82.1 cm³/mol. The highest BCUT2D eigenvalue weighted by atomic mass is 16.2. The molecule has 1 atom stereocenters. The van der Waals surface area contributed by atoms with Gasteiger partial charge in [0.05, 0.1) is 12.1 Å². The summed E-state index contributed by atoms with van der Waals surface area (Å²) in [7, 11) is 0. The van der Waals surface area contributed by atoms with Gasteiger partial charge in [-0.1, -0.05) is 35.9 Å². The molecular formula is C17H16N2O2. The number of carbonyl (C=O) groups excluding carboxylic acids is 2. The molecule has 1 heterocycles. The molecule has 0 spiro atoms. The Kier molecular flexibility index (Phi) is 3.44. The molecule has 1 saturated heterocycles. The molecule has 0 radical (unpaired) electrons. The Balaban J connectivity index is 1.80. The lowest BCUT2D eigenvalue weighted by atomic mass is 10.2. The molecule has 1 aliphatic heterocycles. The first-order valence-corrected chi connectivity index (χ1v) is 6.90. The third kappa shape index (κ3) is 2.65. The predicted octanol–water partition coefficient (Wildman–Crippen LogP) is 2.74. The van der Waals surface area contributed by atoms with Crippen LogP contribution in [-0.4, -0.2) is 17.9 Å². The molecule has 4 nitrogen and oxygen atoms in total. The van der Waals surface area contributed by atoms with Crippen molar-refractivity contribution in [3.63, 3.8) is 0 Å². The van der Waals surface area contributed by atoms with Crippen molar-refractivity contribution in [2.75, 3.05) is 10.2 Å². The van der Waals surface area contributed by atoms with Crippen LogP contribution in [0.4, 0.5) is 11.4 Å². The molecule has 0 bridgehead atoms. The van der Waals surface area contributed by atoms with Crippen molar-refractivity contribution in [1.29, 1.82) is 0 Å². The summed E-state index contributed by atoms with van der Waals surface area (Å²) in [6.45, 7) is 1.97. The maximum atomic E-state index is 12.4. The minimum atomic E-state index is -0.499. The van der Waals surface area contributed by atoms with Crippen LogP contribution in [0, 0.1) is 6.92 Å². The van der Waals surface area contributed by atoms with E-state index in [0.717, 1.165) is 11.3 Å². The summed E-state index contributed by atoms with van der Waals surface area (Å²) < 4.78 is 0. The first-order chi connectivity index (χ1) is 10.1. The summed E-state index contributed by atoms with van der Waals surface area (Å²) in [6, 6.07) is 16.3. The number of amides is 2. The Bertz CT molecular complexity index is 665. The summed E-state index contributed by atoms with van der Waals surface area (Å²) in [5, 5.41) is 3.12. The molecule has 4 heteroatoms. The summed E-state index contributed by atoms with van der Waals surface area (Å²) in [5.74, 6) is -0.370. The zero-order valence-electron chi connectivity index (χ0n) is 11.7. The van der Waals surface area contributed by atoms with Crippen molar-refractivity contribution in [3.8, 4) is 0 Å². The number of nitrogens with one attached hydrogen (secondary N) is 1. The van der Waals surface area contributed by atoms with Crippen LogP contribution in [0.25, 0.3) is 0 Å². The van der Waals surface area contributed by atoms with Crippen LogP contribution in [0.15, 0.2) is 54.6 Å². The third-order valence-corrected chi connectivity index (χ3v) is 3.55. The van der Waals surface area contributed by atoms with Gasteiger partial charge >= 0.3 is 0 Å². The van der Waals surface area contributed by atoms with E-state index >= 15 is 0 Å². The Labute approximate surface area is 123 Å². The number of aryl methyl sites for hydroxylation is 1. The van der Waals surface area contributed by atoms with E-state index in [1.807, 2.05) is 49.4 Å². The Morgan fingerprint density at radius 2 is 1.67 bits per heavy atom. The van der Waals surface area contributed by atoms with Gasteiger partial charge < -0.3 is 5.32 Å². The van der Waals surface area contributed by atoms with Gasteiger partial charge in [-0.05, 0) is 31.2 Å². The van der Waals surface area contributed by atoms with E-state index in [4.69, 9.17) is 0 Å². The number of benzene rings is 2. The number of rotatable bonds is 3. The molecule has 1 aliphatic rings. The van der Waals surface area contributed by atoms with Gasteiger partial charge in [-0.2, -0.15) is 0 Å². The van der Waals surface area contributed by atoms with E-state index in [1.165, 1.54) is 4.90 Å². The standard InChI is InChI=1S/C17H16N2O2/c1-12-7-9-14(10-8-12)19-16(20)11-15(17(19)21)18-13-5-3-2-4-6-13/h2-10,15,18H,11H2,1H3/t15-/m0/s1. The molecule has 1 fully saturated rings. The minimum absolute atomic E-state index is 0.169. The molecule has 0 aliphatic carbocycles. The molecular weight excluding hydrogens is 264 g/mol. The van der Waals surface area contributed by atoms with Gasteiger partial charge in [0.1, 0.15) is 6.04 Å². The van der Waals surface area contributed by atoms with Gasteiger partial charge in [0.2, 0.25) is 5.91 Å². The number of imide groups is 1. The van der Waals surface area contributed by atoms with Crippen molar-refractivity contribution in [1.82, 2.24) is 0 Å². The van der Waals surface area contributed by atoms with Gasteiger partial charge in [-0.25, -0.2) is 4.90 Å². The van der Waals surface area contributed by atoms with Crippen molar-refractivity contribution in [3.05, 3.63) is 60.2 Å². The number of anilines is 2. The molecule has 0 saturated carbocycles. The normalized spacial score (nSPS) is 18.1. The molecule has 1 N–H and O–H groups in total. The molecule has 2 aromatic rings. The average Bonchev–Trinajstić information content (AvgIpc) is 2.76. The first kappa shape index (κ1) is 13.4. The van der Waals surface area contributed by atoms with Crippen molar-refractivity contribution < 1.29 is 9.59 Å². The second-order valence-electron chi connectivity index (χ2n) is 5.17. The van der Waals surface area contributed by atoms with E-state index in [9.17, 15) is 9.59 Å². The lowest BCUT2D eigenvalue weighted by Crippen LogP contribution is -2.34. The SMILES string of the molecule is Cc1ccc(N2C(=O)C[C@H](Nc3ccccc3)C2=O)cc1. The van der Waals surface area contributed by atoms with Gasteiger partial charge in [0.15, 0.2) is 0 Å². The van der Waals surface area contributed by atoms with E-state index < -0.39 is 6.04 Å². The maximum absolute atomic E-state index is 12.4. The Morgan fingerprint density at radius 1 is 1.00 bits per heavy atom. The summed E-state index contributed by atoms with van der Waals surface area (Å²) in [6.07, 6.45) is 0.182. The Morgan fingerprint density at radius 3 is 2.33 bits per heavy atom. The van der Waals surface area contributed by atoms with E-state index in [2.05, 4.69) is 5.32 Å². The second kappa shape index (κ2) is 5.40. The molecule has 2 amide bonds. The topological polar surface area (TPSA) is 49.4 Å². The number of para-hydroxylation sites is 1. The van der Waals surface area contributed by atoms with Crippen LogP contribution in [0.2, 0.25) is 0 Å². The molecule has 2 aromatic carbocycles. The molecule has 0 unspecified atom stereocenters. The zero-order chi connectivity index (χ0) is 14.8. The zero-order valence-corrected chi connectivity index (χ0v) is 11.7. The highest BCUT2D eigenvalue weighted by Gasteiger charge is 2.39. The first-order valence-electron chi connectivity index (χ1n) is 6.90. The number of hydrogen-bond acceptors (Lipinski definition) is 3. The lowest BCUT2D eigenvalue weighted by molar-refractivity contribution is -0.121. The number of carbonyl (C=O) groups is 2. The fourth-order valence-electron chi connectivity index (χ4n) is 2.45. The fourth-order valence-corrected chi connectivity index (χ4v) is 2.45. The van der Waals surface area contributed by atoms with Crippen molar-refractivity contribution in [2.24, 2.45) is 0 Å². The van der Waals surface area contributed by atoms with E-state index in [0.29, 0.717) is 5.69 Å². The van der Waals surface area contributed by atoms with Crippen LogP contribution in [0.1, 0.15) is 12.0 Å². The number of nitrogens with zero attached hydrogens (tertiary/aromatic N) is 1. The molecule has 3 rings (SSSR count). The summed E-state index contributed by atoms with van der Waals surface area (Å²) in [5.41, 5.74) is 2.57. The van der Waals surface area contributed by atoms with E-state index in [-0.39, 0.29) is 18.2 Å². The second-order valence-corrected chi connectivity index (χ2v) is 5.17. The molecule has 0 aromatic heterocycles. The summed E-state index contributed by atoms with van der Waals surface area (Å²) >= 11 is 0. The van der Waals surface area contributed by atoms with Gasteiger partial charge in [-0.3, -0.25) is 9.59 Å². The Hall–Kier alpha value is -2.62. The van der Waals surface area contributed by atoms with E-state index in [1.54, 1.807) is 12.1 Å². The molecule has 21 heavy (non-hydrogen) atoms. The van der Waals surface area contributed by atoms with Crippen molar-refractivity contribution in [2.45, 2.75) is 19.4 Å². The van der Waals surface area contributed by atoms with Crippen LogP contribution < -0.4 is 10.2 Å².